The molecular formula is C5H8N2O2S. The third-order valence-electron chi connectivity index (χ3n) is 1.17. The van der Waals surface area contributed by atoms with Crippen LogP contribution >= 0.6 is 11.8 Å². The first kappa shape index (κ1) is 7.40. The highest BCUT2D eigenvalue weighted by Gasteiger charge is 2.21. The number of nitrogens with two attached hydrogens (primary N) is 1. The predicted octanol–water partition coefficient (Wildman–Crippen LogP) is -0.995. The van der Waals surface area contributed by atoms with E-state index < -0.39 is 5.91 Å². The van der Waals surface area contributed by atoms with Crippen LogP contribution in [0.5, 0.6) is 0 Å². The highest BCUT2D eigenvalue weighted by atomic mass is 32.2. The lowest BCUT2D eigenvalue weighted by atomic mass is 10.5. The number of rotatable bonds is 2. The van der Waals surface area contributed by atoms with Crippen LogP contribution in [-0.4, -0.2) is 34.9 Å². The van der Waals surface area contributed by atoms with Gasteiger partial charge < -0.3 is 10.6 Å². The van der Waals surface area contributed by atoms with Crippen LogP contribution in [-0.2, 0) is 9.59 Å². The van der Waals surface area contributed by atoms with Crippen LogP contribution in [0.2, 0.25) is 0 Å². The van der Waals surface area contributed by atoms with Crippen LogP contribution in [0.4, 0.5) is 0 Å². The molecule has 56 valence electrons. The maximum atomic E-state index is 10.8. The van der Waals surface area contributed by atoms with Crippen molar-refractivity contribution in [1.82, 2.24) is 4.90 Å². The van der Waals surface area contributed by atoms with E-state index in [-0.39, 0.29) is 12.5 Å². The SMILES string of the molecule is NC(=O)CN1CSCC1=O. The maximum absolute atomic E-state index is 10.8. The molecule has 0 spiro atoms. The first-order valence-electron chi connectivity index (χ1n) is 2.84. The van der Waals surface area contributed by atoms with Gasteiger partial charge in [-0.1, -0.05) is 0 Å². The fraction of sp³-hybridized carbons (Fsp3) is 0.600. The molecule has 0 radical (unpaired) electrons. The average molecular weight is 160 g/mol. The molecule has 0 aromatic heterocycles. The number of primary amides is 1. The molecule has 0 unspecified atom stereocenters. The molecule has 0 saturated carbocycles. The molecule has 1 fully saturated rings. The van der Waals surface area contributed by atoms with Crippen molar-refractivity contribution in [3.05, 3.63) is 0 Å². The number of thioether (sulfide) groups is 1. The molecule has 0 aromatic carbocycles. The molecule has 5 heteroatoms. The van der Waals surface area contributed by atoms with Crippen molar-refractivity contribution < 1.29 is 9.59 Å². The Morgan fingerprint density at radius 3 is 2.90 bits per heavy atom. The van der Waals surface area contributed by atoms with E-state index in [1.54, 1.807) is 0 Å². The summed E-state index contributed by atoms with van der Waals surface area (Å²) in [5.74, 6) is 0.634. The van der Waals surface area contributed by atoms with Gasteiger partial charge in [-0.15, -0.1) is 11.8 Å². The highest BCUT2D eigenvalue weighted by Crippen LogP contribution is 2.13. The van der Waals surface area contributed by atoms with Gasteiger partial charge in [-0.05, 0) is 0 Å². The highest BCUT2D eigenvalue weighted by molar-refractivity contribution is 8.00. The van der Waals surface area contributed by atoms with Crippen molar-refractivity contribution in [3.8, 4) is 0 Å². The Labute approximate surface area is 62.7 Å². The molecular weight excluding hydrogens is 152 g/mol. The molecule has 1 saturated heterocycles. The Bertz CT molecular complexity index is 171. The van der Waals surface area contributed by atoms with Crippen LogP contribution in [0, 0.1) is 0 Å². The lowest BCUT2D eigenvalue weighted by Crippen LogP contribution is -2.34. The molecule has 2 amide bonds. The summed E-state index contributed by atoms with van der Waals surface area (Å²) in [4.78, 5) is 22.6. The molecule has 1 aliphatic rings. The number of amides is 2. The van der Waals surface area contributed by atoms with Crippen molar-refractivity contribution >= 4 is 23.6 Å². The third-order valence-corrected chi connectivity index (χ3v) is 2.12. The first-order chi connectivity index (χ1) is 4.70. The smallest absolute Gasteiger partial charge is 0.237 e. The molecule has 1 rings (SSSR count). The Kier molecular flexibility index (Phi) is 2.16. The molecule has 2 N–H and O–H groups in total. The molecule has 4 nitrogen and oxygen atoms in total. The third kappa shape index (κ3) is 1.63. The number of nitrogens with zero attached hydrogens (tertiary/aromatic N) is 1. The molecule has 0 atom stereocenters. The summed E-state index contributed by atoms with van der Waals surface area (Å²) in [6.45, 7) is 0.0613. The fourth-order valence-electron chi connectivity index (χ4n) is 0.728. The van der Waals surface area contributed by atoms with E-state index in [0.29, 0.717) is 11.6 Å². The first-order valence-corrected chi connectivity index (χ1v) is 3.99. The second-order valence-electron chi connectivity index (χ2n) is 2.04. The lowest BCUT2D eigenvalue weighted by molar-refractivity contribution is -0.131. The van der Waals surface area contributed by atoms with E-state index in [1.165, 1.54) is 16.7 Å². The standard InChI is InChI=1S/C5H8N2O2S/c6-4(8)1-7-3-10-2-5(7)9/h1-3H2,(H2,6,8). The van der Waals surface area contributed by atoms with Gasteiger partial charge in [0.05, 0.1) is 11.6 Å². The van der Waals surface area contributed by atoms with Gasteiger partial charge in [0.1, 0.15) is 6.54 Å². The normalized spacial score (nSPS) is 18.0. The van der Waals surface area contributed by atoms with E-state index in [0.717, 1.165) is 0 Å². The average Bonchev–Trinajstić information content (AvgIpc) is 2.15. The predicted molar refractivity (Wildman–Crippen MR) is 38.2 cm³/mol. The fourth-order valence-corrected chi connectivity index (χ4v) is 1.63. The Morgan fingerprint density at radius 1 is 1.80 bits per heavy atom. The summed E-state index contributed by atoms with van der Waals surface area (Å²) >= 11 is 1.50. The van der Waals surface area contributed by atoms with Gasteiger partial charge in [0.15, 0.2) is 0 Å². The molecule has 0 aromatic rings. The van der Waals surface area contributed by atoms with Crippen molar-refractivity contribution in [1.29, 1.82) is 0 Å². The van der Waals surface area contributed by atoms with E-state index >= 15 is 0 Å². The van der Waals surface area contributed by atoms with Gasteiger partial charge in [0.25, 0.3) is 0 Å². The number of carbonyl (C=O) groups excluding carboxylic acids is 2. The van der Waals surface area contributed by atoms with Gasteiger partial charge in [-0.25, -0.2) is 0 Å². The summed E-state index contributed by atoms with van der Waals surface area (Å²) in [6, 6.07) is 0. The van der Waals surface area contributed by atoms with Gasteiger partial charge in [0, 0.05) is 0 Å². The summed E-state index contributed by atoms with van der Waals surface area (Å²) in [7, 11) is 0. The van der Waals surface area contributed by atoms with Crippen LogP contribution in [0.1, 0.15) is 0 Å². The summed E-state index contributed by atoms with van der Waals surface area (Å²) < 4.78 is 0. The summed E-state index contributed by atoms with van der Waals surface area (Å²) in [5.41, 5.74) is 4.89. The minimum atomic E-state index is -0.448. The number of hydrogen-bond acceptors (Lipinski definition) is 3. The van der Waals surface area contributed by atoms with Gasteiger partial charge >= 0.3 is 0 Å². The largest absolute Gasteiger partial charge is 0.368 e. The van der Waals surface area contributed by atoms with Crippen molar-refractivity contribution in [2.45, 2.75) is 0 Å². The molecule has 1 aliphatic heterocycles. The Hall–Kier alpha value is -0.710. The van der Waals surface area contributed by atoms with Crippen LogP contribution in [0.3, 0.4) is 0 Å². The van der Waals surface area contributed by atoms with Gasteiger partial charge in [0.2, 0.25) is 11.8 Å². The Balaban J connectivity index is 2.40. The van der Waals surface area contributed by atoms with Crippen molar-refractivity contribution in [2.24, 2.45) is 5.73 Å². The molecule has 0 aliphatic carbocycles. The van der Waals surface area contributed by atoms with E-state index in [4.69, 9.17) is 5.73 Å². The second-order valence-corrected chi connectivity index (χ2v) is 2.99. The summed E-state index contributed by atoms with van der Waals surface area (Å²) in [5, 5.41) is 0. The second kappa shape index (κ2) is 2.92. The van der Waals surface area contributed by atoms with Crippen molar-refractivity contribution in [2.75, 3.05) is 18.2 Å². The van der Waals surface area contributed by atoms with Crippen LogP contribution in [0.15, 0.2) is 0 Å². The minimum Gasteiger partial charge on any atom is -0.368 e. The molecule has 1 heterocycles. The topological polar surface area (TPSA) is 63.4 Å². The monoisotopic (exact) mass is 160 g/mol. The zero-order valence-corrected chi connectivity index (χ0v) is 6.19. The Morgan fingerprint density at radius 2 is 2.50 bits per heavy atom. The summed E-state index contributed by atoms with van der Waals surface area (Å²) in [6.07, 6.45) is 0. The van der Waals surface area contributed by atoms with Gasteiger partial charge in [-0.3, -0.25) is 9.59 Å². The van der Waals surface area contributed by atoms with E-state index in [2.05, 4.69) is 0 Å². The maximum Gasteiger partial charge on any atom is 0.237 e. The molecule has 0 bridgehead atoms. The minimum absolute atomic E-state index is 0.00352. The zero-order valence-electron chi connectivity index (χ0n) is 5.37. The zero-order chi connectivity index (χ0) is 7.56. The molecule has 10 heavy (non-hydrogen) atoms. The number of hydrogen-bond donors (Lipinski definition) is 1. The van der Waals surface area contributed by atoms with E-state index in [1.807, 2.05) is 0 Å². The van der Waals surface area contributed by atoms with Crippen molar-refractivity contribution in [3.63, 3.8) is 0 Å². The quantitative estimate of drug-likeness (QED) is 0.564. The van der Waals surface area contributed by atoms with Crippen LogP contribution < -0.4 is 5.73 Å². The van der Waals surface area contributed by atoms with Gasteiger partial charge in [-0.2, -0.15) is 0 Å². The van der Waals surface area contributed by atoms with E-state index in [9.17, 15) is 9.59 Å². The number of carbonyl (C=O) groups is 2. The van der Waals surface area contributed by atoms with Crippen LogP contribution in [0.25, 0.3) is 0 Å². The lowest BCUT2D eigenvalue weighted by Gasteiger charge is -2.10.